The number of phenols is 1. The van der Waals surface area contributed by atoms with Gasteiger partial charge in [0.05, 0.1) is 15.5 Å². The number of nitrogens with two attached hydrogens (primary N) is 1. The molecule has 0 saturated carbocycles. The van der Waals surface area contributed by atoms with E-state index in [1.54, 1.807) is 18.2 Å². The summed E-state index contributed by atoms with van der Waals surface area (Å²) in [6.07, 6.45) is 1.55. The summed E-state index contributed by atoms with van der Waals surface area (Å²) in [6.45, 7) is 3.55. The van der Waals surface area contributed by atoms with Crippen LogP contribution < -0.4 is 5.73 Å². The van der Waals surface area contributed by atoms with Crippen molar-refractivity contribution in [1.82, 2.24) is 0 Å². The second kappa shape index (κ2) is 4.13. The first-order chi connectivity index (χ1) is 6.07. The van der Waals surface area contributed by atoms with E-state index in [0.717, 1.165) is 0 Å². The summed E-state index contributed by atoms with van der Waals surface area (Å²) in [6, 6.07) is 2.97. The van der Waals surface area contributed by atoms with E-state index < -0.39 is 0 Å². The molecule has 0 fully saturated rings. The van der Waals surface area contributed by atoms with Crippen LogP contribution >= 0.6 is 27.5 Å². The average molecular weight is 263 g/mol. The van der Waals surface area contributed by atoms with E-state index in [4.69, 9.17) is 17.3 Å². The predicted octanol–water partition coefficient (Wildman–Crippen LogP) is 2.99. The van der Waals surface area contributed by atoms with Crippen LogP contribution in [0.4, 0.5) is 0 Å². The van der Waals surface area contributed by atoms with Gasteiger partial charge in [0.25, 0.3) is 0 Å². The van der Waals surface area contributed by atoms with Gasteiger partial charge < -0.3 is 10.8 Å². The van der Waals surface area contributed by atoms with Gasteiger partial charge in [0.2, 0.25) is 0 Å². The molecule has 70 valence electrons. The molecule has 0 unspecified atom stereocenters. The Balaban J connectivity index is 3.25. The number of halogens is 2. The molecular formula is C9H9BrClNO. The minimum Gasteiger partial charge on any atom is -0.506 e. The zero-order valence-corrected chi connectivity index (χ0v) is 9.14. The van der Waals surface area contributed by atoms with Gasteiger partial charge in [0, 0.05) is 5.56 Å². The maximum Gasteiger partial charge on any atom is 0.136 e. The summed E-state index contributed by atoms with van der Waals surface area (Å²) in [5, 5.41) is 10.1. The van der Waals surface area contributed by atoms with Crippen molar-refractivity contribution in [3.05, 3.63) is 39.8 Å². The number of rotatable bonds is 2. The molecule has 0 amide bonds. The number of phenolic OH excluding ortho intramolecular Hbond substituents is 1. The highest BCUT2D eigenvalue weighted by Gasteiger charge is 2.12. The first-order valence-corrected chi connectivity index (χ1v) is 4.80. The van der Waals surface area contributed by atoms with Gasteiger partial charge in [-0.25, -0.2) is 0 Å². The van der Waals surface area contributed by atoms with Crippen molar-refractivity contribution in [1.29, 1.82) is 0 Å². The summed E-state index contributed by atoms with van der Waals surface area (Å²) in [5.41, 5.74) is 6.28. The largest absolute Gasteiger partial charge is 0.506 e. The molecule has 0 aromatic heterocycles. The zero-order valence-electron chi connectivity index (χ0n) is 6.80. The summed E-state index contributed by atoms with van der Waals surface area (Å²) in [7, 11) is 0. The van der Waals surface area contributed by atoms with Crippen molar-refractivity contribution in [2.75, 3.05) is 0 Å². The molecule has 1 rings (SSSR count). The molecule has 0 aliphatic heterocycles. The quantitative estimate of drug-likeness (QED) is 0.805. The molecule has 0 aliphatic carbocycles. The molecule has 13 heavy (non-hydrogen) atoms. The normalized spacial score (nSPS) is 12.5. The lowest BCUT2D eigenvalue weighted by molar-refractivity contribution is 0.462. The van der Waals surface area contributed by atoms with Gasteiger partial charge in [-0.15, -0.1) is 6.58 Å². The van der Waals surface area contributed by atoms with Crippen molar-refractivity contribution in [3.8, 4) is 5.75 Å². The molecule has 2 nitrogen and oxygen atoms in total. The Bertz CT molecular complexity index is 341. The Morgan fingerprint density at radius 2 is 2.23 bits per heavy atom. The fourth-order valence-electron chi connectivity index (χ4n) is 0.951. The minimum absolute atomic E-state index is 0.0694. The maximum atomic E-state index is 9.62. The Hall–Kier alpha value is -0.510. The summed E-state index contributed by atoms with van der Waals surface area (Å²) >= 11 is 8.92. The van der Waals surface area contributed by atoms with Gasteiger partial charge in [0.1, 0.15) is 5.75 Å². The van der Waals surface area contributed by atoms with Crippen LogP contribution in [0.1, 0.15) is 11.6 Å². The van der Waals surface area contributed by atoms with E-state index in [2.05, 4.69) is 22.5 Å². The van der Waals surface area contributed by atoms with Gasteiger partial charge in [-0.3, -0.25) is 0 Å². The van der Waals surface area contributed by atoms with Crippen molar-refractivity contribution in [2.45, 2.75) is 6.04 Å². The Kier molecular flexibility index (Phi) is 3.36. The van der Waals surface area contributed by atoms with Crippen LogP contribution in [0.5, 0.6) is 5.75 Å². The van der Waals surface area contributed by atoms with Crippen molar-refractivity contribution in [3.63, 3.8) is 0 Å². The monoisotopic (exact) mass is 261 g/mol. The van der Waals surface area contributed by atoms with E-state index in [-0.39, 0.29) is 11.8 Å². The van der Waals surface area contributed by atoms with Crippen LogP contribution in [0.3, 0.4) is 0 Å². The second-order valence-electron chi connectivity index (χ2n) is 2.56. The Morgan fingerprint density at radius 3 is 2.77 bits per heavy atom. The molecule has 1 atom stereocenters. The third-order valence-corrected chi connectivity index (χ3v) is 3.06. The van der Waals surface area contributed by atoms with E-state index in [0.29, 0.717) is 15.1 Å². The zero-order chi connectivity index (χ0) is 10.0. The molecule has 3 N–H and O–H groups in total. The lowest BCUT2D eigenvalue weighted by atomic mass is 10.1. The fraction of sp³-hybridized carbons (Fsp3) is 0.111. The van der Waals surface area contributed by atoms with Crippen molar-refractivity contribution < 1.29 is 5.11 Å². The van der Waals surface area contributed by atoms with Crippen molar-refractivity contribution >= 4 is 27.5 Å². The van der Waals surface area contributed by atoms with Crippen LogP contribution in [-0.4, -0.2) is 5.11 Å². The topological polar surface area (TPSA) is 46.2 Å². The van der Waals surface area contributed by atoms with Crippen molar-refractivity contribution in [2.24, 2.45) is 5.73 Å². The molecule has 1 aromatic rings. The third-order valence-electron chi connectivity index (χ3n) is 1.71. The molecule has 4 heteroatoms. The second-order valence-corrected chi connectivity index (χ2v) is 3.76. The fourth-order valence-corrected chi connectivity index (χ4v) is 1.46. The number of hydrogen-bond donors (Lipinski definition) is 2. The highest BCUT2D eigenvalue weighted by Crippen LogP contribution is 2.36. The standard InChI is InChI=1S/C9H9BrClNO/c1-2-7(12)5-3-4-6(11)8(10)9(5)13/h2-4,7,13H,1,12H2/t7-/m0/s1. The maximum absolute atomic E-state index is 9.62. The lowest BCUT2D eigenvalue weighted by Crippen LogP contribution is -2.06. The van der Waals surface area contributed by atoms with Gasteiger partial charge in [-0.05, 0) is 22.0 Å². The number of hydrogen-bond acceptors (Lipinski definition) is 2. The van der Waals surface area contributed by atoms with Gasteiger partial charge in [-0.2, -0.15) is 0 Å². The smallest absolute Gasteiger partial charge is 0.136 e. The van der Waals surface area contributed by atoms with Crippen LogP contribution in [0.25, 0.3) is 0 Å². The predicted molar refractivity (Wildman–Crippen MR) is 57.9 cm³/mol. The van der Waals surface area contributed by atoms with Crippen LogP contribution in [-0.2, 0) is 0 Å². The molecule has 0 radical (unpaired) electrons. The van der Waals surface area contributed by atoms with E-state index >= 15 is 0 Å². The Labute approximate surface area is 90.1 Å². The Morgan fingerprint density at radius 1 is 1.62 bits per heavy atom. The molecule has 0 heterocycles. The minimum atomic E-state index is -0.381. The highest BCUT2D eigenvalue weighted by atomic mass is 79.9. The SMILES string of the molecule is C=C[C@H](N)c1ccc(Cl)c(Br)c1O. The molecule has 0 aliphatic rings. The average Bonchev–Trinajstić information content (AvgIpc) is 2.13. The summed E-state index contributed by atoms with van der Waals surface area (Å²) in [5.74, 6) is 0.0694. The number of benzene rings is 1. The molecular weight excluding hydrogens is 253 g/mol. The first kappa shape index (κ1) is 10.6. The summed E-state index contributed by atoms with van der Waals surface area (Å²) in [4.78, 5) is 0. The van der Waals surface area contributed by atoms with E-state index in [9.17, 15) is 5.11 Å². The van der Waals surface area contributed by atoms with Crippen LogP contribution in [0.2, 0.25) is 5.02 Å². The lowest BCUT2D eigenvalue weighted by Gasteiger charge is -2.10. The van der Waals surface area contributed by atoms with Gasteiger partial charge >= 0.3 is 0 Å². The first-order valence-electron chi connectivity index (χ1n) is 3.63. The highest BCUT2D eigenvalue weighted by molar-refractivity contribution is 9.10. The molecule has 0 spiro atoms. The molecule has 0 saturated heterocycles. The van der Waals surface area contributed by atoms with E-state index in [1.165, 1.54) is 0 Å². The molecule has 0 bridgehead atoms. The summed E-state index contributed by atoms with van der Waals surface area (Å²) < 4.78 is 0.462. The van der Waals surface area contributed by atoms with Gasteiger partial charge in [0.15, 0.2) is 0 Å². The number of aromatic hydroxyl groups is 1. The third kappa shape index (κ3) is 2.05. The molecule has 1 aromatic carbocycles. The van der Waals surface area contributed by atoms with Crippen LogP contribution in [0, 0.1) is 0 Å². The van der Waals surface area contributed by atoms with Crippen LogP contribution in [0.15, 0.2) is 29.3 Å². The van der Waals surface area contributed by atoms with Gasteiger partial charge in [-0.1, -0.05) is 23.7 Å². The van der Waals surface area contributed by atoms with E-state index in [1.807, 2.05) is 0 Å².